The standard InChI is InChI=1S/C7H8BrN3O2/c8-5-1-9-11(2-5)6-3-10(4-6)7(12)13/h1-2,6H,3-4H2,(H,12,13). The molecular weight excluding hydrogens is 238 g/mol. The third-order valence-corrected chi connectivity index (χ3v) is 2.49. The first-order valence-corrected chi connectivity index (χ1v) is 4.63. The van der Waals surface area contributed by atoms with Gasteiger partial charge in [0.2, 0.25) is 0 Å². The summed E-state index contributed by atoms with van der Waals surface area (Å²) in [5, 5.41) is 12.7. The predicted molar refractivity (Wildman–Crippen MR) is 48.6 cm³/mol. The summed E-state index contributed by atoms with van der Waals surface area (Å²) >= 11 is 3.28. The van der Waals surface area contributed by atoms with Crippen molar-refractivity contribution in [2.75, 3.05) is 13.1 Å². The first-order chi connectivity index (χ1) is 6.16. The fourth-order valence-corrected chi connectivity index (χ4v) is 1.59. The molecule has 0 aliphatic carbocycles. The maximum atomic E-state index is 10.5. The Hall–Kier alpha value is -1.04. The molecule has 1 saturated heterocycles. The van der Waals surface area contributed by atoms with Crippen LogP contribution in [0.3, 0.4) is 0 Å². The van der Waals surface area contributed by atoms with Crippen molar-refractivity contribution in [3.63, 3.8) is 0 Å². The van der Waals surface area contributed by atoms with Gasteiger partial charge in [0.05, 0.1) is 16.7 Å². The maximum Gasteiger partial charge on any atom is 0.407 e. The highest BCUT2D eigenvalue weighted by Gasteiger charge is 2.31. The van der Waals surface area contributed by atoms with E-state index in [4.69, 9.17) is 5.11 Å². The Bertz CT molecular complexity index is 332. The summed E-state index contributed by atoms with van der Waals surface area (Å²) in [6, 6.07) is 0.197. The summed E-state index contributed by atoms with van der Waals surface area (Å²) in [6.45, 7) is 1.06. The van der Waals surface area contributed by atoms with E-state index >= 15 is 0 Å². The number of likely N-dealkylation sites (tertiary alicyclic amines) is 1. The number of aromatic nitrogens is 2. The summed E-state index contributed by atoms with van der Waals surface area (Å²) in [5.41, 5.74) is 0. The molecule has 5 nitrogen and oxygen atoms in total. The van der Waals surface area contributed by atoms with Crippen LogP contribution in [-0.2, 0) is 0 Å². The van der Waals surface area contributed by atoms with Gasteiger partial charge in [0.1, 0.15) is 0 Å². The fraction of sp³-hybridized carbons (Fsp3) is 0.429. The molecule has 13 heavy (non-hydrogen) atoms. The van der Waals surface area contributed by atoms with E-state index in [-0.39, 0.29) is 6.04 Å². The normalized spacial score (nSPS) is 17.2. The highest BCUT2D eigenvalue weighted by atomic mass is 79.9. The van der Waals surface area contributed by atoms with E-state index in [2.05, 4.69) is 21.0 Å². The zero-order chi connectivity index (χ0) is 9.42. The zero-order valence-corrected chi connectivity index (χ0v) is 8.31. The van der Waals surface area contributed by atoms with Crippen LogP contribution in [0, 0.1) is 0 Å². The second kappa shape index (κ2) is 3.02. The molecular formula is C7H8BrN3O2. The summed E-state index contributed by atoms with van der Waals surface area (Å²) in [6.07, 6.45) is 2.69. The fourth-order valence-electron chi connectivity index (χ4n) is 1.29. The molecule has 0 atom stereocenters. The van der Waals surface area contributed by atoms with Gasteiger partial charge in [0.15, 0.2) is 0 Å². The third-order valence-electron chi connectivity index (χ3n) is 2.08. The van der Waals surface area contributed by atoms with Crippen LogP contribution < -0.4 is 0 Å². The molecule has 0 bridgehead atoms. The average molecular weight is 246 g/mol. The van der Waals surface area contributed by atoms with Crippen LogP contribution in [0.4, 0.5) is 4.79 Å². The van der Waals surface area contributed by atoms with E-state index in [0.29, 0.717) is 13.1 Å². The number of carboxylic acid groups (broad SMARTS) is 1. The molecule has 1 aromatic rings. The highest BCUT2D eigenvalue weighted by Crippen LogP contribution is 2.21. The number of amides is 1. The molecule has 0 spiro atoms. The summed E-state index contributed by atoms with van der Waals surface area (Å²) in [5.74, 6) is 0. The largest absolute Gasteiger partial charge is 0.465 e. The lowest BCUT2D eigenvalue weighted by atomic mass is 10.1. The molecule has 0 saturated carbocycles. The SMILES string of the molecule is O=C(O)N1CC(n2cc(Br)cn2)C1. The molecule has 2 rings (SSSR count). The van der Waals surface area contributed by atoms with Crippen molar-refractivity contribution in [1.82, 2.24) is 14.7 Å². The first-order valence-electron chi connectivity index (χ1n) is 3.84. The Balaban J connectivity index is 1.97. The molecule has 1 aliphatic heterocycles. The molecule has 0 aromatic carbocycles. The van der Waals surface area contributed by atoms with Gasteiger partial charge in [-0.25, -0.2) is 4.79 Å². The summed E-state index contributed by atoms with van der Waals surface area (Å²) in [4.78, 5) is 11.8. The number of hydrogen-bond donors (Lipinski definition) is 1. The van der Waals surface area contributed by atoms with Crippen LogP contribution in [-0.4, -0.2) is 39.0 Å². The number of nitrogens with zero attached hydrogens (tertiary/aromatic N) is 3. The van der Waals surface area contributed by atoms with Gasteiger partial charge >= 0.3 is 6.09 Å². The Kier molecular flexibility index (Phi) is 1.99. The monoisotopic (exact) mass is 245 g/mol. The van der Waals surface area contributed by atoms with Crippen molar-refractivity contribution in [1.29, 1.82) is 0 Å². The van der Waals surface area contributed by atoms with E-state index in [1.165, 1.54) is 4.90 Å². The van der Waals surface area contributed by atoms with E-state index < -0.39 is 6.09 Å². The van der Waals surface area contributed by atoms with Crippen molar-refractivity contribution in [2.24, 2.45) is 0 Å². The molecule has 0 unspecified atom stereocenters. The number of carbonyl (C=O) groups is 1. The molecule has 1 amide bonds. The van der Waals surface area contributed by atoms with Gasteiger partial charge in [-0.05, 0) is 15.9 Å². The Morgan fingerprint density at radius 2 is 2.38 bits per heavy atom. The molecule has 70 valence electrons. The number of rotatable bonds is 1. The van der Waals surface area contributed by atoms with E-state index in [9.17, 15) is 4.79 Å². The zero-order valence-electron chi connectivity index (χ0n) is 6.72. The van der Waals surface area contributed by atoms with Crippen LogP contribution in [0.5, 0.6) is 0 Å². The highest BCUT2D eigenvalue weighted by molar-refractivity contribution is 9.10. The lowest BCUT2D eigenvalue weighted by Gasteiger charge is -2.36. The lowest BCUT2D eigenvalue weighted by Crippen LogP contribution is -2.50. The summed E-state index contributed by atoms with van der Waals surface area (Å²) in [7, 11) is 0. The van der Waals surface area contributed by atoms with E-state index in [1.807, 2.05) is 6.20 Å². The van der Waals surface area contributed by atoms with Gasteiger partial charge in [0.25, 0.3) is 0 Å². The van der Waals surface area contributed by atoms with Crippen molar-refractivity contribution in [2.45, 2.75) is 6.04 Å². The van der Waals surface area contributed by atoms with Gasteiger partial charge in [-0.3, -0.25) is 4.68 Å². The number of hydrogen-bond acceptors (Lipinski definition) is 2. The third kappa shape index (κ3) is 1.53. The lowest BCUT2D eigenvalue weighted by molar-refractivity contribution is 0.0812. The minimum Gasteiger partial charge on any atom is -0.465 e. The Morgan fingerprint density at radius 1 is 1.69 bits per heavy atom. The van der Waals surface area contributed by atoms with Crippen molar-refractivity contribution >= 4 is 22.0 Å². The van der Waals surface area contributed by atoms with Crippen LogP contribution >= 0.6 is 15.9 Å². The molecule has 2 heterocycles. The first kappa shape index (κ1) is 8.55. The Morgan fingerprint density at radius 3 is 2.85 bits per heavy atom. The second-order valence-electron chi connectivity index (χ2n) is 2.98. The molecule has 0 radical (unpaired) electrons. The molecule has 1 N–H and O–H groups in total. The molecule has 1 aromatic heterocycles. The number of halogens is 1. The van der Waals surface area contributed by atoms with Crippen molar-refractivity contribution in [3.05, 3.63) is 16.9 Å². The van der Waals surface area contributed by atoms with Crippen LogP contribution in [0.2, 0.25) is 0 Å². The average Bonchev–Trinajstić information content (AvgIpc) is 2.31. The van der Waals surface area contributed by atoms with Crippen molar-refractivity contribution in [3.8, 4) is 0 Å². The topological polar surface area (TPSA) is 58.4 Å². The minimum atomic E-state index is -0.859. The Labute approximate surface area is 83.1 Å². The van der Waals surface area contributed by atoms with Gasteiger partial charge in [-0.1, -0.05) is 0 Å². The van der Waals surface area contributed by atoms with Crippen LogP contribution in [0.15, 0.2) is 16.9 Å². The van der Waals surface area contributed by atoms with E-state index in [0.717, 1.165) is 4.47 Å². The van der Waals surface area contributed by atoms with Crippen molar-refractivity contribution < 1.29 is 9.90 Å². The second-order valence-corrected chi connectivity index (χ2v) is 3.90. The van der Waals surface area contributed by atoms with Gasteiger partial charge in [-0.2, -0.15) is 5.10 Å². The summed E-state index contributed by atoms with van der Waals surface area (Å²) < 4.78 is 2.70. The molecule has 6 heteroatoms. The van der Waals surface area contributed by atoms with Crippen LogP contribution in [0.25, 0.3) is 0 Å². The maximum absolute atomic E-state index is 10.5. The smallest absolute Gasteiger partial charge is 0.407 e. The quantitative estimate of drug-likeness (QED) is 0.809. The molecule has 1 aliphatic rings. The van der Waals surface area contributed by atoms with Crippen LogP contribution in [0.1, 0.15) is 6.04 Å². The predicted octanol–water partition coefficient (Wildman–Crippen LogP) is 1.18. The minimum absolute atomic E-state index is 0.197. The molecule has 1 fully saturated rings. The van der Waals surface area contributed by atoms with Gasteiger partial charge in [0, 0.05) is 19.3 Å². The van der Waals surface area contributed by atoms with Gasteiger partial charge in [-0.15, -0.1) is 0 Å². The van der Waals surface area contributed by atoms with Gasteiger partial charge < -0.3 is 10.0 Å². The van der Waals surface area contributed by atoms with E-state index in [1.54, 1.807) is 10.9 Å².